The maximum atomic E-state index is 9.33. The van der Waals surface area contributed by atoms with Crippen LogP contribution in [0.25, 0.3) is 10.4 Å². The first kappa shape index (κ1) is 20.5. The molecule has 0 radical (unpaired) electrons. The van der Waals surface area contributed by atoms with Crippen LogP contribution in [0.5, 0.6) is 0 Å². The molecule has 0 saturated carbocycles. The van der Waals surface area contributed by atoms with Crippen molar-refractivity contribution < 1.29 is 0 Å². The minimum Gasteiger partial charge on any atom is -0.375 e. The highest BCUT2D eigenvalue weighted by molar-refractivity contribution is 5.57. The number of likely N-dealkylation sites (tertiary alicyclic amines) is 1. The van der Waals surface area contributed by atoms with Gasteiger partial charge in [-0.3, -0.25) is 4.90 Å². The molecule has 0 spiro atoms. The van der Waals surface area contributed by atoms with E-state index in [4.69, 9.17) is 0 Å². The van der Waals surface area contributed by atoms with Crippen LogP contribution in [0.1, 0.15) is 50.2 Å². The molecule has 3 atom stereocenters. The van der Waals surface area contributed by atoms with Crippen LogP contribution >= 0.6 is 0 Å². The average Bonchev–Trinajstić information content (AvgIpc) is 3.19. The van der Waals surface area contributed by atoms with E-state index in [0.717, 1.165) is 38.0 Å². The second-order valence-electron chi connectivity index (χ2n) is 8.35. The summed E-state index contributed by atoms with van der Waals surface area (Å²) in [5.74, 6) is 0.576. The largest absolute Gasteiger partial charge is 0.375 e. The van der Waals surface area contributed by atoms with Gasteiger partial charge in [0.25, 0.3) is 0 Å². The first-order valence-corrected chi connectivity index (χ1v) is 10.5. The van der Waals surface area contributed by atoms with Crippen LogP contribution in [0.2, 0.25) is 0 Å². The summed E-state index contributed by atoms with van der Waals surface area (Å²) in [5.41, 5.74) is 15.5. The molecule has 1 fully saturated rings. The van der Waals surface area contributed by atoms with E-state index in [1.807, 2.05) is 0 Å². The molecule has 2 aliphatic rings. The lowest BCUT2D eigenvalue weighted by molar-refractivity contribution is 0.241. The molecule has 1 N–H and O–H groups in total. The summed E-state index contributed by atoms with van der Waals surface area (Å²) in [5, 5.41) is 7.85. The molecule has 0 amide bonds. The first-order valence-electron chi connectivity index (χ1n) is 10.5. The zero-order valence-electron chi connectivity index (χ0n) is 17.5. The van der Waals surface area contributed by atoms with Crippen molar-refractivity contribution in [1.29, 1.82) is 0 Å². The van der Waals surface area contributed by atoms with Gasteiger partial charge in [0.05, 0.1) is 6.04 Å². The summed E-state index contributed by atoms with van der Waals surface area (Å²) in [6.45, 7) is 12.6. The maximum Gasteiger partial charge on any atom is 0.125 e. The number of benzene rings is 1. The second-order valence-corrected chi connectivity index (χ2v) is 8.35. The zero-order chi connectivity index (χ0) is 20.1. The third kappa shape index (κ3) is 4.60. The van der Waals surface area contributed by atoms with Crippen molar-refractivity contribution in [2.75, 3.05) is 18.4 Å². The van der Waals surface area contributed by atoms with Crippen LogP contribution < -0.4 is 5.32 Å². The molecular weight excluding hydrogens is 346 g/mol. The van der Waals surface area contributed by atoms with Crippen LogP contribution in [-0.4, -0.2) is 30.2 Å². The molecule has 1 saturated heterocycles. The summed E-state index contributed by atoms with van der Waals surface area (Å²) >= 11 is 0. The van der Waals surface area contributed by atoms with Crippen molar-refractivity contribution in [3.8, 4) is 0 Å². The average molecular weight is 380 g/mol. The van der Waals surface area contributed by atoms with Crippen LogP contribution in [0, 0.1) is 19.8 Å². The summed E-state index contributed by atoms with van der Waals surface area (Å²) in [6, 6.07) is 6.39. The van der Waals surface area contributed by atoms with Gasteiger partial charge in [0.15, 0.2) is 0 Å². The number of allylic oxidation sites excluding steroid dienone is 2. The smallest absolute Gasteiger partial charge is 0.125 e. The zero-order valence-corrected chi connectivity index (χ0v) is 17.5. The van der Waals surface area contributed by atoms with Gasteiger partial charge in [0.1, 0.15) is 6.17 Å². The quantitative estimate of drug-likeness (QED) is 0.268. The van der Waals surface area contributed by atoms with Gasteiger partial charge in [-0.15, -0.1) is 0 Å². The Kier molecular flexibility index (Phi) is 6.82. The van der Waals surface area contributed by atoms with Gasteiger partial charge in [-0.1, -0.05) is 47.1 Å². The van der Waals surface area contributed by atoms with Gasteiger partial charge in [-0.2, -0.15) is 0 Å². The molecule has 0 bridgehead atoms. The summed E-state index contributed by atoms with van der Waals surface area (Å²) in [4.78, 5) is 5.72. The van der Waals surface area contributed by atoms with Crippen LogP contribution in [0.3, 0.4) is 0 Å². The highest BCUT2D eigenvalue weighted by atomic mass is 15.3. The predicted molar refractivity (Wildman–Crippen MR) is 117 cm³/mol. The fourth-order valence-electron chi connectivity index (χ4n) is 4.64. The van der Waals surface area contributed by atoms with Crippen molar-refractivity contribution in [3.63, 3.8) is 0 Å². The molecule has 1 aliphatic heterocycles. The third-order valence-corrected chi connectivity index (χ3v) is 6.31. The molecule has 2 unspecified atom stereocenters. The number of azide groups is 1. The number of nitrogens with one attached hydrogen (secondary N) is 1. The highest BCUT2D eigenvalue weighted by Gasteiger charge is 2.33. The topological polar surface area (TPSA) is 64.0 Å². The van der Waals surface area contributed by atoms with E-state index in [1.54, 1.807) is 0 Å². The lowest BCUT2D eigenvalue weighted by Gasteiger charge is -2.37. The van der Waals surface area contributed by atoms with Gasteiger partial charge in [-0.25, -0.2) is 0 Å². The van der Waals surface area contributed by atoms with E-state index in [-0.39, 0.29) is 12.2 Å². The Morgan fingerprint density at radius 3 is 2.50 bits per heavy atom. The Balaban J connectivity index is 1.92. The van der Waals surface area contributed by atoms with Crippen LogP contribution in [-0.2, 0) is 0 Å². The number of para-hydroxylation sites is 1. The Morgan fingerprint density at radius 1 is 1.29 bits per heavy atom. The van der Waals surface area contributed by atoms with E-state index in [0.29, 0.717) is 5.92 Å². The lowest BCUT2D eigenvalue weighted by atomic mass is 9.82. The molecule has 1 aliphatic carbocycles. The second kappa shape index (κ2) is 9.31. The van der Waals surface area contributed by atoms with Gasteiger partial charge >= 0.3 is 0 Å². The number of anilines is 1. The number of hydrogen-bond donors (Lipinski definition) is 1. The summed E-state index contributed by atoms with van der Waals surface area (Å²) in [7, 11) is 0. The molecule has 5 heteroatoms. The minimum absolute atomic E-state index is 0.114. The Labute approximate surface area is 169 Å². The lowest BCUT2D eigenvalue weighted by Crippen LogP contribution is -2.46. The van der Waals surface area contributed by atoms with E-state index in [9.17, 15) is 5.53 Å². The number of hydrogen-bond acceptors (Lipinski definition) is 3. The molecule has 28 heavy (non-hydrogen) atoms. The monoisotopic (exact) mass is 379 g/mol. The van der Waals surface area contributed by atoms with Crippen LogP contribution in [0.4, 0.5) is 5.69 Å². The molecule has 3 rings (SSSR count). The van der Waals surface area contributed by atoms with Gasteiger partial charge < -0.3 is 5.32 Å². The standard InChI is InChI=1S/C23H33N5/c1-16(2)19-10-12-20(13-11-19)22(28-14-5-6-15-28)23(26-27-24)25-21-17(3)8-7-9-18(21)4/h7-9,12,19,22-23,25H,1,5-6,10-11,13-15H2,2-4H3/t19-,22?,23?/m1/s1. The summed E-state index contributed by atoms with van der Waals surface area (Å²) in [6.07, 6.45) is 7.73. The van der Waals surface area contributed by atoms with E-state index < -0.39 is 0 Å². The molecular formula is C23H33N5. The van der Waals surface area contributed by atoms with Crippen molar-refractivity contribution in [2.24, 2.45) is 11.0 Å². The molecule has 1 aromatic carbocycles. The fraction of sp³-hybridized carbons (Fsp3) is 0.565. The highest BCUT2D eigenvalue weighted by Crippen LogP contribution is 2.34. The first-order chi connectivity index (χ1) is 13.5. The summed E-state index contributed by atoms with van der Waals surface area (Å²) < 4.78 is 0. The SMILES string of the molecule is C=C(C)[C@@H]1CC=C(C(C(N=[N+]=[N-])Nc2c(C)cccc2C)N2CCCC2)CC1. The van der Waals surface area contributed by atoms with E-state index in [1.165, 1.54) is 35.1 Å². The number of nitrogens with zero attached hydrogens (tertiary/aromatic N) is 4. The van der Waals surface area contributed by atoms with Crippen molar-refractivity contribution in [2.45, 2.75) is 65.1 Å². The molecule has 1 aromatic rings. The molecule has 150 valence electrons. The van der Waals surface area contributed by atoms with Crippen molar-refractivity contribution in [1.82, 2.24) is 4.90 Å². The van der Waals surface area contributed by atoms with Gasteiger partial charge in [0, 0.05) is 10.6 Å². The predicted octanol–water partition coefficient (Wildman–Crippen LogP) is 6.12. The van der Waals surface area contributed by atoms with Crippen molar-refractivity contribution >= 4 is 5.69 Å². The third-order valence-electron chi connectivity index (χ3n) is 6.31. The Morgan fingerprint density at radius 2 is 1.96 bits per heavy atom. The van der Waals surface area contributed by atoms with Gasteiger partial charge in [0.2, 0.25) is 0 Å². The van der Waals surface area contributed by atoms with Crippen molar-refractivity contribution in [3.05, 3.63) is 63.6 Å². The molecule has 0 aromatic heterocycles. The van der Waals surface area contributed by atoms with Gasteiger partial charge in [-0.05, 0) is 88.5 Å². The molecule has 1 heterocycles. The number of rotatable bonds is 7. The minimum atomic E-state index is -0.310. The fourth-order valence-corrected chi connectivity index (χ4v) is 4.64. The Hall–Kier alpha value is -2.23. The van der Waals surface area contributed by atoms with E-state index in [2.05, 4.69) is 71.9 Å². The van der Waals surface area contributed by atoms with Crippen LogP contribution in [0.15, 0.2) is 47.1 Å². The number of aryl methyl sites for hydroxylation is 2. The normalized spacial score (nSPS) is 22.1. The molecule has 5 nitrogen and oxygen atoms in total. The maximum absolute atomic E-state index is 9.33. The Bertz CT molecular complexity index is 764. The van der Waals surface area contributed by atoms with E-state index >= 15 is 0 Å².